The Morgan fingerprint density at radius 3 is 2.69 bits per heavy atom. The molecule has 0 fully saturated rings. The Balaban J connectivity index is 2.77. The van der Waals surface area contributed by atoms with Gasteiger partial charge < -0.3 is 9.84 Å². The molecule has 1 aromatic rings. The molecule has 0 amide bonds. The topological polar surface area (TPSA) is 29.5 Å². The summed E-state index contributed by atoms with van der Waals surface area (Å²) in [6.45, 7) is 6.31. The highest BCUT2D eigenvalue weighted by Gasteiger charge is 2.40. The van der Waals surface area contributed by atoms with E-state index in [0.29, 0.717) is 0 Å². The minimum Gasteiger partial charge on any atom is -0.496 e. The third kappa shape index (κ3) is 1.57. The monoisotopic (exact) mass is 284 g/mol. The van der Waals surface area contributed by atoms with Crippen LogP contribution in [0.25, 0.3) is 0 Å². The maximum absolute atomic E-state index is 10.2. The highest BCUT2D eigenvalue weighted by atomic mass is 79.9. The van der Waals surface area contributed by atoms with E-state index in [1.54, 1.807) is 7.11 Å². The van der Waals surface area contributed by atoms with E-state index in [1.807, 2.05) is 13.0 Å². The van der Waals surface area contributed by atoms with Crippen LogP contribution in [0, 0.1) is 6.92 Å². The smallest absolute Gasteiger partial charge is 0.123 e. The molecule has 1 atom stereocenters. The summed E-state index contributed by atoms with van der Waals surface area (Å²) >= 11 is 3.57. The number of aliphatic hydroxyl groups is 1. The van der Waals surface area contributed by atoms with E-state index >= 15 is 0 Å². The van der Waals surface area contributed by atoms with Gasteiger partial charge in [0.05, 0.1) is 13.2 Å². The van der Waals surface area contributed by atoms with Gasteiger partial charge in [-0.05, 0) is 30.4 Å². The van der Waals surface area contributed by atoms with Gasteiger partial charge in [0.15, 0.2) is 0 Å². The molecule has 2 rings (SSSR count). The van der Waals surface area contributed by atoms with Crippen LogP contribution in [0.5, 0.6) is 5.75 Å². The van der Waals surface area contributed by atoms with Gasteiger partial charge in [0.1, 0.15) is 5.75 Å². The van der Waals surface area contributed by atoms with Crippen molar-refractivity contribution in [3.63, 3.8) is 0 Å². The van der Waals surface area contributed by atoms with Gasteiger partial charge >= 0.3 is 0 Å². The summed E-state index contributed by atoms with van der Waals surface area (Å²) in [6.07, 6.45) is 0.356. The third-order valence-electron chi connectivity index (χ3n) is 3.38. The molecule has 1 aromatic carbocycles. The fourth-order valence-electron chi connectivity index (χ4n) is 2.65. The van der Waals surface area contributed by atoms with Gasteiger partial charge in [-0.3, -0.25) is 0 Å². The van der Waals surface area contributed by atoms with Crippen molar-refractivity contribution >= 4 is 15.9 Å². The zero-order valence-electron chi connectivity index (χ0n) is 10.1. The molecule has 0 bridgehead atoms. The number of rotatable bonds is 1. The second-order valence-corrected chi connectivity index (χ2v) is 5.90. The van der Waals surface area contributed by atoms with Gasteiger partial charge in [-0.1, -0.05) is 29.8 Å². The molecular weight excluding hydrogens is 268 g/mol. The largest absolute Gasteiger partial charge is 0.496 e. The average molecular weight is 285 g/mol. The van der Waals surface area contributed by atoms with Crippen LogP contribution in [-0.2, 0) is 5.41 Å². The number of aliphatic hydroxyl groups excluding tert-OH is 1. The molecule has 1 N–H and O–H groups in total. The lowest BCUT2D eigenvalue weighted by atomic mass is 9.85. The number of benzene rings is 1. The summed E-state index contributed by atoms with van der Waals surface area (Å²) in [5.41, 5.74) is 3.21. The van der Waals surface area contributed by atoms with E-state index in [1.165, 1.54) is 0 Å². The van der Waals surface area contributed by atoms with Crippen LogP contribution < -0.4 is 4.74 Å². The molecule has 0 aromatic heterocycles. The van der Waals surface area contributed by atoms with E-state index in [2.05, 4.69) is 29.8 Å². The van der Waals surface area contributed by atoms with Crippen molar-refractivity contribution in [2.75, 3.05) is 7.11 Å². The molecule has 0 radical (unpaired) electrons. The SMILES string of the molecule is COc1cc(C)c(Br)c2c1C(C)(C)C[C@H]2O. The molecule has 1 aliphatic carbocycles. The molecule has 88 valence electrons. The van der Waals surface area contributed by atoms with E-state index in [0.717, 1.165) is 33.3 Å². The van der Waals surface area contributed by atoms with E-state index in [9.17, 15) is 5.11 Å². The van der Waals surface area contributed by atoms with Crippen molar-refractivity contribution in [1.29, 1.82) is 0 Å². The van der Waals surface area contributed by atoms with Crippen LogP contribution in [-0.4, -0.2) is 12.2 Å². The zero-order valence-corrected chi connectivity index (χ0v) is 11.7. The first-order valence-electron chi connectivity index (χ1n) is 5.44. The molecule has 2 nitrogen and oxygen atoms in total. The number of hydrogen-bond donors (Lipinski definition) is 1. The summed E-state index contributed by atoms with van der Waals surface area (Å²) in [7, 11) is 1.68. The number of fused-ring (bicyclic) bond motifs is 1. The first kappa shape index (κ1) is 11.9. The van der Waals surface area contributed by atoms with Crippen LogP contribution in [0.1, 0.15) is 43.1 Å². The lowest BCUT2D eigenvalue weighted by molar-refractivity contribution is 0.161. The minimum atomic E-state index is -0.395. The second-order valence-electron chi connectivity index (χ2n) is 5.10. The number of hydrogen-bond acceptors (Lipinski definition) is 2. The van der Waals surface area contributed by atoms with Crippen LogP contribution in [0.15, 0.2) is 10.5 Å². The Bertz CT molecular complexity index is 438. The molecule has 0 heterocycles. The van der Waals surface area contributed by atoms with Crippen molar-refractivity contribution in [3.8, 4) is 5.75 Å². The van der Waals surface area contributed by atoms with Gasteiger partial charge in [-0.25, -0.2) is 0 Å². The van der Waals surface area contributed by atoms with E-state index < -0.39 is 6.10 Å². The number of methoxy groups -OCH3 is 1. The van der Waals surface area contributed by atoms with Crippen LogP contribution in [0.3, 0.4) is 0 Å². The Morgan fingerprint density at radius 2 is 2.12 bits per heavy atom. The minimum absolute atomic E-state index is 0.0314. The Kier molecular flexibility index (Phi) is 2.79. The second kappa shape index (κ2) is 3.74. The number of aryl methyl sites for hydroxylation is 1. The quantitative estimate of drug-likeness (QED) is 0.856. The third-order valence-corrected chi connectivity index (χ3v) is 4.43. The van der Waals surface area contributed by atoms with Crippen molar-refractivity contribution < 1.29 is 9.84 Å². The zero-order chi connectivity index (χ0) is 12.1. The highest BCUT2D eigenvalue weighted by molar-refractivity contribution is 9.10. The molecule has 16 heavy (non-hydrogen) atoms. The first-order valence-corrected chi connectivity index (χ1v) is 6.23. The van der Waals surface area contributed by atoms with Gasteiger partial charge in [0.2, 0.25) is 0 Å². The maximum atomic E-state index is 10.2. The van der Waals surface area contributed by atoms with Gasteiger partial charge in [-0.2, -0.15) is 0 Å². The normalized spacial score (nSPS) is 22.0. The summed E-state index contributed by atoms with van der Waals surface area (Å²) in [6, 6.07) is 2.03. The summed E-state index contributed by atoms with van der Waals surface area (Å²) in [5.74, 6) is 0.886. The fraction of sp³-hybridized carbons (Fsp3) is 0.538. The summed E-state index contributed by atoms with van der Waals surface area (Å²) < 4.78 is 6.46. The van der Waals surface area contributed by atoms with Crippen LogP contribution in [0.4, 0.5) is 0 Å². The Morgan fingerprint density at radius 1 is 1.50 bits per heavy atom. The standard InChI is InChI=1S/C13H17BrO2/c1-7-5-9(16-4)11-10(12(7)14)8(15)6-13(11,2)3/h5,8,15H,6H2,1-4H3/t8-/m1/s1. The van der Waals surface area contributed by atoms with E-state index in [4.69, 9.17) is 4.74 Å². The molecule has 0 saturated carbocycles. The van der Waals surface area contributed by atoms with Crippen molar-refractivity contribution in [3.05, 3.63) is 27.2 Å². The molecule has 3 heteroatoms. The number of ether oxygens (including phenoxy) is 1. The predicted molar refractivity (Wildman–Crippen MR) is 68.0 cm³/mol. The fourth-order valence-corrected chi connectivity index (χ4v) is 3.22. The molecular formula is C13H17BrO2. The van der Waals surface area contributed by atoms with Crippen molar-refractivity contribution in [2.45, 2.75) is 38.7 Å². The maximum Gasteiger partial charge on any atom is 0.123 e. The molecule has 1 aliphatic rings. The van der Waals surface area contributed by atoms with Gasteiger partial charge in [0.25, 0.3) is 0 Å². The lowest BCUT2D eigenvalue weighted by Gasteiger charge is -2.22. The van der Waals surface area contributed by atoms with Crippen molar-refractivity contribution in [1.82, 2.24) is 0 Å². The summed E-state index contributed by atoms with van der Waals surface area (Å²) in [4.78, 5) is 0. The van der Waals surface area contributed by atoms with E-state index in [-0.39, 0.29) is 5.41 Å². The van der Waals surface area contributed by atoms with Gasteiger partial charge in [0, 0.05) is 15.6 Å². The molecule has 0 spiro atoms. The number of halogens is 1. The lowest BCUT2D eigenvalue weighted by Crippen LogP contribution is -2.14. The first-order chi connectivity index (χ1) is 7.38. The molecule has 0 unspecified atom stereocenters. The predicted octanol–water partition coefficient (Wildman–Crippen LogP) is 3.48. The molecule has 0 aliphatic heterocycles. The van der Waals surface area contributed by atoms with Crippen molar-refractivity contribution in [2.24, 2.45) is 0 Å². The average Bonchev–Trinajstić information content (AvgIpc) is 2.43. The highest BCUT2D eigenvalue weighted by Crippen LogP contribution is 2.52. The van der Waals surface area contributed by atoms with Crippen LogP contribution >= 0.6 is 15.9 Å². The summed E-state index contributed by atoms with van der Waals surface area (Å²) in [5, 5.41) is 10.2. The van der Waals surface area contributed by atoms with Crippen LogP contribution in [0.2, 0.25) is 0 Å². The van der Waals surface area contributed by atoms with Gasteiger partial charge in [-0.15, -0.1) is 0 Å². The molecule has 0 saturated heterocycles. The Labute approximate surface area is 105 Å². The Hall–Kier alpha value is -0.540.